The van der Waals surface area contributed by atoms with Crippen molar-refractivity contribution in [2.24, 2.45) is 0 Å². The predicted octanol–water partition coefficient (Wildman–Crippen LogP) is 2.58. The van der Waals surface area contributed by atoms with Crippen molar-refractivity contribution in [3.05, 3.63) is 44.9 Å². The third-order valence-corrected chi connectivity index (χ3v) is 5.94. The molecule has 2 aromatic rings. The van der Waals surface area contributed by atoms with E-state index >= 15 is 0 Å². The number of nitro groups is 1. The summed E-state index contributed by atoms with van der Waals surface area (Å²) in [7, 11) is -1.37. The maximum Gasteiger partial charge on any atom is 0.271 e. The van der Waals surface area contributed by atoms with Crippen LogP contribution < -0.4 is 19.5 Å². The molecule has 152 valence electrons. The highest BCUT2D eigenvalue weighted by atomic mass is 79.9. The summed E-state index contributed by atoms with van der Waals surface area (Å²) < 4.78 is 38.6. The van der Waals surface area contributed by atoms with Crippen LogP contribution in [0.5, 0.6) is 11.5 Å². The molecular formula is C16H18BrN3O7S. The maximum absolute atomic E-state index is 12.9. The molecule has 0 aliphatic heterocycles. The Hall–Kier alpha value is -2.57. The third kappa shape index (κ3) is 4.82. The molecule has 0 aromatic heterocycles. The van der Waals surface area contributed by atoms with E-state index in [1.165, 1.54) is 38.5 Å². The minimum atomic E-state index is -4.15. The number of rotatable bonds is 9. The van der Waals surface area contributed by atoms with Gasteiger partial charge in [-0.25, -0.2) is 8.42 Å². The molecule has 0 bridgehead atoms. The number of hydrogen-bond acceptors (Lipinski definition) is 8. The summed E-state index contributed by atoms with van der Waals surface area (Å²) in [5.74, 6) is 0.526. The second-order valence-corrected chi connectivity index (χ2v) is 7.89. The van der Waals surface area contributed by atoms with Crippen LogP contribution in [0.2, 0.25) is 0 Å². The minimum absolute atomic E-state index is 0.0377. The molecule has 0 atom stereocenters. The summed E-state index contributed by atoms with van der Waals surface area (Å²) in [6.45, 7) is -0.0724. The molecule has 0 spiro atoms. The molecule has 0 amide bonds. The third-order valence-electron chi connectivity index (χ3n) is 3.61. The first-order chi connectivity index (χ1) is 13.2. The quantitative estimate of drug-likeness (QED) is 0.371. The largest absolute Gasteiger partial charge is 0.493 e. The molecular weight excluding hydrogens is 458 g/mol. The molecule has 0 aliphatic rings. The molecule has 28 heavy (non-hydrogen) atoms. The Morgan fingerprint density at radius 3 is 2.36 bits per heavy atom. The molecule has 2 aromatic carbocycles. The van der Waals surface area contributed by atoms with Gasteiger partial charge >= 0.3 is 0 Å². The van der Waals surface area contributed by atoms with Gasteiger partial charge < -0.3 is 19.9 Å². The number of aliphatic hydroxyl groups is 1. The van der Waals surface area contributed by atoms with Crippen molar-refractivity contribution >= 4 is 43.0 Å². The molecule has 0 radical (unpaired) electrons. The highest BCUT2D eigenvalue weighted by Crippen LogP contribution is 2.37. The van der Waals surface area contributed by atoms with Crippen molar-refractivity contribution in [2.75, 3.05) is 37.4 Å². The average molecular weight is 476 g/mol. The van der Waals surface area contributed by atoms with Crippen LogP contribution in [0.15, 0.2) is 39.7 Å². The average Bonchev–Trinajstić information content (AvgIpc) is 2.65. The lowest BCUT2D eigenvalue weighted by molar-refractivity contribution is -0.384. The van der Waals surface area contributed by atoms with Crippen LogP contribution in [-0.2, 0) is 10.0 Å². The van der Waals surface area contributed by atoms with E-state index in [1.54, 1.807) is 0 Å². The predicted molar refractivity (Wildman–Crippen MR) is 107 cm³/mol. The number of nitrogens with one attached hydrogen (secondary N) is 2. The van der Waals surface area contributed by atoms with Crippen LogP contribution >= 0.6 is 15.9 Å². The van der Waals surface area contributed by atoms with Crippen LogP contribution in [-0.4, -0.2) is 45.8 Å². The van der Waals surface area contributed by atoms with Crippen LogP contribution in [0.1, 0.15) is 0 Å². The normalized spacial score (nSPS) is 11.0. The first-order valence-corrected chi connectivity index (χ1v) is 10.1. The van der Waals surface area contributed by atoms with E-state index in [0.29, 0.717) is 5.75 Å². The lowest BCUT2D eigenvalue weighted by Gasteiger charge is -2.16. The first kappa shape index (κ1) is 21.7. The fourth-order valence-electron chi connectivity index (χ4n) is 2.32. The number of nitro benzene ring substituents is 1. The fraction of sp³-hybridized carbons (Fsp3) is 0.250. The van der Waals surface area contributed by atoms with E-state index in [2.05, 4.69) is 26.0 Å². The molecule has 0 aliphatic carbocycles. The van der Waals surface area contributed by atoms with Crippen molar-refractivity contribution in [3.63, 3.8) is 0 Å². The van der Waals surface area contributed by atoms with E-state index in [4.69, 9.17) is 14.6 Å². The smallest absolute Gasteiger partial charge is 0.271 e. The van der Waals surface area contributed by atoms with Gasteiger partial charge in [-0.2, -0.15) is 0 Å². The van der Waals surface area contributed by atoms with Gasteiger partial charge in [-0.15, -0.1) is 0 Å². The molecule has 12 heteroatoms. The lowest BCUT2D eigenvalue weighted by atomic mass is 10.2. The van der Waals surface area contributed by atoms with Crippen molar-refractivity contribution in [2.45, 2.75) is 4.90 Å². The molecule has 3 N–H and O–H groups in total. The second-order valence-electron chi connectivity index (χ2n) is 5.38. The molecule has 0 saturated carbocycles. The van der Waals surface area contributed by atoms with Crippen molar-refractivity contribution < 1.29 is 27.9 Å². The second kappa shape index (κ2) is 9.08. The molecule has 0 unspecified atom stereocenters. The zero-order valence-electron chi connectivity index (χ0n) is 14.9. The van der Waals surface area contributed by atoms with Gasteiger partial charge in [-0.05, 0) is 28.1 Å². The number of halogens is 1. The molecule has 2 rings (SSSR count). The van der Waals surface area contributed by atoms with Gasteiger partial charge in [-0.3, -0.25) is 14.8 Å². The summed E-state index contributed by atoms with van der Waals surface area (Å²) in [6.07, 6.45) is 0. The zero-order valence-corrected chi connectivity index (χ0v) is 17.3. The molecule has 0 saturated heterocycles. The van der Waals surface area contributed by atoms with E-state index in [1.807, 2.05) is 0 Å². The van der Waals surface area contributed by atoms with E-state index in [-0.39, 0.29) is 45.3 Å². The first-order valence-electron chi connectivity index (χ1n) is 7.81. The van der Waals surface area contributed by atoms with E-state index in [0.717, 1.165) is 6.07 Å². The number of ether oxygens (including phenoxy) is 2. The Morgan fingerprint density at radius 2 is 1.79 bits per heavy atom. The summed E-state index contributed by atoms with van der Waals surface area (Å²) in [6, 6.07) is 6.38. The summed E-state index contributed by atoms with van der Waals surface area (Å²) in [5, 5.41) is 22.8. The van der Waals surface area contributed by atoms with Crippen molar-refractivity contribution in [3.8, 4) is 11.5 Å². The van der Waals surface area contributed by atoms with Gasteiger partial charge in [0.1, 0.15) is 4.90 Å². The number of benzene rings is 2. The standard InChI is InChI=1S/C16H18BrN3O7S/c1-26-14-8-11(17)16(9-15(14)27-2)28(24,25)19-13-7-10(20(22)23)3-4-12(13)18-5-6-21/h3-4,7-9,18-19,21H,5-6H2,1-2H3. The van der Waals surface area contributed by atoms with E-state index in [9.17, 15) is 18.5 Å². The lowest BCUT2D eigenvalue weighted by Crippen LogP contribution is -2.16. The number of sulfonamides is 1. The summed E-state index contributed by atoms with van der Waals surface area (Å²) in [4.78, 5) is 10.3. The Labute approximate surface area is 169 Å². The SMILES string of the molecule is COc1cc(Br)c(S(=O)(=O)Nc2cc([N+](=O)[O-])ccc2NCCO)cc1OC. The van der Waals surface area contributed by atoms with Crippen molar-refractivity contribution in [1.82, 2.24) is 0 Å². The highest BCUT2D eigenvalue weighted by Gasteiger charge is 2.23. The monoisotopic (exact) mass is 475 g/mol. The van der Waals surface area contributed by atoms with Gasteiger partial charge in [-0.1, -0.05) is 0 Å². The number of hydrogen-bond donors (Lipinski definition) is 3. The Bertz CT molecular complexity index is 982. The Kier molecular flexibility index (Phi) is 7.05. The van der Waals surface area contributed by atoms with Gasteiger partial charge in [0.2, 0.25) is 0 Å². The van der Waals surface area contributed by atoms with Crippen LogP contribution in [0, 0.1) is 10.1 Å². The van der Waals surface area contributed by atoms with Crippen molar-refractivity contribution in [1.29, 1.82) is 0 Å². The molecule has 0 fully saturated rings. The van der Waals surface area contributed by atoms with Gasteiger partial charge in [0.25, 0.3) is 15.7 Å². The number of non-ortho nitro benzene ring substituents is 1. The molecule has 0 heterocycles. The van der Waals surface area contributed by atoms with Crippen LogP contribution in [0.4, 0.5) is 17.1 Å². The Balaban J connectivity index is 2.51. The number of nitrogens with zero attached hydrogens (tertiary/aromatic N) is 1. The van der Waals surface area contributed by atoms with Crippen LogP contribution in [0.3, 0.4) is 0 Å². The van der Waals surface area contributed by atoms with Gasteiger partial charge in [0.15, 0.2) is 11.5 Å². The summed E-state index contributed by atoms with van der Waals surface area (Å²) in [5.41, 5.74) is -0.0530. The zero-order chi connectivity index (χ0) is 20.9. The number of methoxy groups -OCH3 is 2. The number of anilines is 2. The molecule has 10 nitrogen and oxygen atoms in total. The Morgan fingerprint density at radius 1 is 1.14 bits per heavy atom. The fourth-order valence-corrected chi connectivity index (χ4v) is 4.42. The number of aliphatic hydroxyl groups excluding tert-OH is 1. The van der Waals surface area contributed by atoms with Gasteiger partial charge in [0.05, 0.1) is 37.1 Å². The van der Waals surface area contributed by atoms with E-state index < -0.39 is 14.9 Å². The van der Waals surface area contributed by atoms with Gasteiger partial charge in [0, 0.05) is 29.2 Å². The van der Waals surface area contributed by atoms with Crippen LogP contribution in [0.25, 0.3) is 0 Å². The highest BCUT2D eigenvalue weighted by molar-refractivity contribution is 9.10. The maximum atomic E-state index is 12.9. The topological polar surface area (TPSA) is 140 Å². The summed E-state index contributed by atoms with van der Waals surface area (Å²) >= 11 is 3.19. The minimum Gasteiger partial charge on any atom is -0.493 e.